The van der Waals surface area contributed by atoms with Gasteiger partial charge in [-0.3, -0.25) is 14.4 Å². The van der Waals surface area contributed by atoms with Crippen molar-refractivity contribution < 1.29 is 14.3 Å². The first-order chi connectivity index (χ1) is 8.54. The highest BCUT2D eigenvalue weighted by molar-refractivity contribution is 5.82. The normalized spacial score (nSPS) is 10.1. The standard InChI is InChI=1S/C13H17NO4/c1-3-18-13(17)8-7-11(15)9-14-10(2)5-4-6-12(14)16/h4-6H,3,7-9H2,1-2H3. The molecule has 0 bridgehead atoms. The molecule has 0 aliphatic heterocycles. The van der Waals surface area contributed by atoms with Gasteiger partial charge in [0.15, 0.2) is 5.78 Å². The summed E-state index contributed by atoms with van der Waals surface area (Å²) in [6, 6.07) is 4.82. The summed E-state index contributed by atoms with van der Waals surface area (Å²) in [6.45, 7) is 3.79. The van der Waals surface area contributed by atoms with E-state index in [4.69, 9.17) is 4.74 Å². The lowest BCUT2D eigenvalue weighted by Crippen LogP contribution is -2.25. The van der Waals surface area contributed by atoms with Crippen molar-refractivity contribution in [3.05, 3.63) is 34.2 Å². The Hall–Kier alpha value is -1.91. The summed E-state index contributed by atoms with van der Waals surface area (Å²) in [5, 5.41) is 0. The Balaban J connectivity index is 2.55. The molecule has 1 aromatic heterocycles. The summed E-state index contributed by atoms with van der Waals surface area (Å²) >= 11 is 0. The predicted molar refractivity (Wildman–Crippen MR) is 66.3 cm³/mol. The largest absolute Gasteiger partial charge is 0.466 e. The summed E-state index contributed by atoms with van der Waals surface area (Å²) in [4.78, 5) is 34.3. The van der Waals surface area contributed by atoms with Crippen molar-refractivity contribution >= 4 is 11.8 Å². The van der Waals surface area contributed by atoms with Crippen LogP contribution >= 0.6 is 0 Å². The maximum Gasteiger partial charge on any atom is 0.306 e. The molecular weight excluding hydrogens is 234 g/mol. The van der Waals surface area contributed by atoms with E-state index in [1.165, 1.54) is 10.6 Å². The zero-order valence-electron chi connectivity index (χ0n) is 10.6. The number of hydrogen-bond acceptors (Lipinski definition) is 4. The van der Waals surface area contributed by atoms with Crippen molar-refractivity contribution in [2.75, 3.05) is 6.61 Å². The van der Waals surface area contributed by atoms with E-state index in [-0.39, 0.29) is 36.7 Å². The lowest BCUT2D eigenvalue weighted by atomic mass is 10.2. The molecule has 1 heterocycles. The number of Topliss-reactive ketones (excluding diaryl/α,β-unsaturated/α-hetero) is 1. The van der Waals surface area contributed by atoms with E-state index in [1.807, 2.05) is 0 Å². The van der Waals surface area contributed by atoms with Gasteiger partial charge < -0.3 is 9.30 Å². The van der Waals surface area contributed by atoms with Gasteiger partial charge in [0.2, 0.25) is 0 Å². The molecular formula is C13H17NO4. The molecule has 0 fully saturated rings. The molecule has 5 nitrogen and oxygen atoms in total. The van der Waals surface area contributed by atoms with Crippen LogP contribution in [0.25, 0.3) is 0 Å². The number of esters is 1. The van der Waals surface area contributed by atoms with Crippen LogP contribution in [0.4, 0.5) is 0 Å². The first-order valence-electron chi connectivity index (χ1n) is 5.88. The number of aromatic nitrogens is 1. The number of hydrogen-bond donors (Lipinski definition) is 0. The van der Waals surface area contributed by atoms with Crippen LogP contribution in [0.1, 0.15) is 25.5 Å². The Labute approximate surface area is 105 Å². The predicted octanol–water partition coefficient (Wildman–Crippen LogP) is 1.07. The molecule has 98 valence electrons. The van der Waals surface area contributed by atoms with E-state index >= 15 is 0 Å². The quantitative estimate of drug-likeness (QED) is 0.709. The number of carbonyl (C=O) groups is 2. The number of nitrogens with zero attached hydrogens (tertiary/aromatic N) is 1. The molecule has 0 aromatic carbocycles. The third-order valence-corrected chi connectivity index (χ3v) is 2.52. The number of rotatable bonds is 6. The van der Waals surface area contributed by atoms with Crippen LogP contribution in [-0.4, -0.2) is 22.9 Å². The van der Waals surface area contributed by atoms with Crippen LogP contribution < -0.4 is 5.56 Å². The second kappa shape index (κ2) is 6.74. The third kappa shape index (κ3) is 4.16. The van der Waals surface area contributed by atoms with E-state index in [0.29, 0.717) is 6.61 Å². The Morgan fingerprint density at radius 2 is 2.00 bits per heavy atom. The first-order valence-corrected chi connectivity index (χ1v) is 5.88. The second-order valence-corrected chi connectivity index (χ2v) is 3.94. The zero-order valence-corrected chi connectivity index (χ0v) is 10.6. The summed E-state index contributed by atoms with van der Waals surface area (Å²) < 4.78 is 6.13. The van der Waals surface area contributed by atoms with Gasteiger partial charge in [0.05, 0.1) is 19.6 Å². The van der Waals surface area contributed by atoms with E-state index in [1.54, 1.807) is 26.0 Å². The topological polar surface area (TPSA) is 65.4 Å². The fourth-order valence-corrected chi connectivity index (χ4v) is 1.56. The monoisotopic (exact) mass is 251 g/mol. The van der Waals surface area contributed by atoms with Crippen LogP contribution in [0.3, 0.4) is 0 Å². The molecule has 1 aromatic rings. The van der Waals surface area contributed by atoms with Crippen molar-refractivity contribution in [3.63, 3.8) is 0 Å². The second-order valence-electron chi connectivity index (χ2n) is 3.94. The number of carbonyl (C=O) groups excluding carboxylic acids is 2. The van der Waals surface area contributed by atoms with Gasteiger partial charge in [-0.15, -0.1) is 0 Å². The third-order valence-electron chi connectivity index (χ3n) is 2.52. The number of ether oxygens (including phenoxy) is 1. The summed E-state index contributed by atoms with van der Waals surface area (Å²) in [7, 11) is 0. The highest BCUT2D eigenvalue weighted by atomic mass is 16.5. The van der Waals surface area contributed by atoms with Crippen LogP contribution in [-0.2, 0) is 20.9 Å². The van der Waals surface area contributed by atoms with Crippen molar-refractivity contribution in [2.24, 2.45) is 0 Å². The molecule has 18 heavy (non-hydrogen) atoms. The maximum absolute atomic E-state index is 11.7. The molecule has 5 heteroatoms. The minimum absolute atomic E-state index is 0.00487. The van der Waals surface area contributed by atoms with Gasteiger partial charge in [0.25, 0.3) is 5.56 Å². The molecule has 0 saturated heterocycles. The molecule has 0 spiro atoms. The van der Waals surface area contributed by atoms with E-state index in [0.717, 1.165) is 5.69 Å². The van der Waals surface area contributed by atoms with Crippen molar-refractivity contribution in [3.8, 4) is 0 Å². The summed E-state index contributed by atoms with van der Waals surface area (Å²) in [6.07, 6.45) is 0.160. The average molecular weight is 251 g/mol. The van der Waals surface area contributed by atoms with Gasteiger partial charge in [-0.25, -0.2) is 0 Å². The van der Waals surface area contributed by atoms with E-state index in [2.05, 4.69) is 0 Å². The molecule has 0 atom stereocenters. The van der Waals surface area contributed by atoms with Gasteiger partial charge in [0.1, 0.15) is 0 Å². The number of ketones is 1. The summed E-state index contributed by atoms with van der Waals surface area (Å²) in [5.74, 6) is -0.539. The van der Waals surface area contributed by atoms with Gasteiger partial charge in [0, 0.05) is 18.2 Å². The minimum Gasteiger partial charge on any atom is -0.466 e. The van der Waals surface area contributed by atoms with Gasteiger partial charge >= 0.3 is 5.97 Å². The molecule has 0 aliphatic carbocycles. The van der Waals surface area contributed by atoms with E-state index in [9.17, 15) is 14.4 Å². The first kappa shape index (κ1) is 14.2. The lowest BCUT2D eigenvalue weighted by Gasteiger charge is -2.08. The molecule has 0 N–H and O–H groups in total. The maximum atomic E-state index is 11.7. The SMILES string of the molecule is CCOC(=O)CCC(=O)Cn1c(C)cccc1=O. The minimum atomic E-state index is -0.386. The van der Waals surface area contributed by atoms with Gasteiger partial charge in [-0.2, -0.15) is 0 Å². The van der Waals surface area contributed by atoms with Crippen molar-refractivity contribution in [1.29, 1.82) is 0 Å². The number of pyridine rings is 1. The van der Waals surface area contributed by atoms with Crippen LogP contribution in [0.2, 0.25) is 0 Å². The molecule has 0 aliphatic rings. The average Bonchev–Trinajstić information content (AvgIpc) is 2.32. The molecule has 1 rings (SSSR count). The fourth-order valence-electron chi connectivity index (χ4n) is 1.56. The molecule has 0 radical (unpaired) electrons. The van der Waals surface area contributed by atoms with Crippen LogP contribution in [0.15, 0.2) is 23.0 Å². The van der Waals surface area contributed by atoms with Gasteiger partial charge in [-0.1, -0.05) is 6.07 Å². The summed E-state index contributed by atoms with van der Waals surface area (Å²) in [5.41, 5.74) is 0.520. The Morgan fingerprint density at radius 1 is 1.28 bits per heavy atom. The molecule has 0 amide bonds. The van der Waals surface area contributed by atoms with Crippen LogP contribution in [0.5, 0.6) is 0 Å². The van der Waals surface area contributed by atoms with Crippen molar-refractivity contribution in [1.82, 2.24) is 4.57 Å². The highest BCUT2D eigenvalue weighted by Gasteiger charge is 2.10. The zero-order chi connectivity index (χ0) is 13.5. The Bertz CT molecular complexity index is 490. The smallest absolute Gasteiger partial charge is 0.306 e. The molecule has 0 unspecified atom stereocenters. The van der Waals surface area contributed by atoms with Crippen molar-refractivity contribution in [2.45, 2.75) is 33.2 Å². The van der Waals surface area contributed by atoms with Gasteiger partial charge in [-0.05, 0) is 19.9 Å². The highest BCUT2D eigenvalue weighted by Crippen LogP contribution is 1.99. The number of aryl methyl sites for hydroxylation is 1. The Kier molecular flexibility index (Phi) is 5.30. The van der Waals surface area contributed by atoms with Crippen LogP contribution in [0, 0.1) is 6.92 Å². The van der Waals surface area contributed by atoms with E-state index < -0.39 is 0 Å². The Morgan fingerprint density at radius 3 is 2.61 bits per heavy atom. The fraction of sp³-hybridized carbons (Fsp3) is 0.462. The lowest BCUT2D eigenvalue weighted by molar-refractivity contribution is -0.144. The molecule has 0 saturated carbocycles.